The van der Waals surface area contributed by atoms with Crippen LogP contribution in [0.4, 0.5) is 0 Å². The van der Waals surface area contributed by atoms with E-state index in [0.717, 1.165) is 56.1 Å². The first-order chi connectivity index (χ1) is 16.2. The molecule has 0 saturated heterocycles. The molecule has 0 amide bonds. The Morgan fingerprint density at radius 1 is 1.06 bits per heavy atom. The molecule has 2 rings (SSSR count). The summed E-state index contributed by atoms with van der Waals surface area (Å²) in [5, 5.41) is 0. The summed E-state index contributed by atoms with van der Waals surface area (Å²) >= 11 is 0. The van der Waals surface area contributed by atoms with E-state index in [1.54, 1.807) is 6.92 Å². The van der Waals surface area contributed by atoms with E-state index in [2.05, 4.69) is 25.1 Å². The number of hydrogen-bond donors (Lipinski definition) is 0. The monoisotopic (exact) mass is 466 g/mol. The van der Waals surface area contributed by atoms with Gasteiger partial charge in [-0.2, -0.15) is 0 Å². The van der Waals surface area contributed by atoms with E-state index in [-0.39, 0.29) is 47.3 Å². The first-order valence-corrected chi connectivity index (χ1v) is 13.0. The molecule has 1 aliphatic carbocycles. The van der Waals surface area contributed by atoms with Gasteiger partial charge in [-0.3, -0.25) is 19.2 Å². The molecule has 0 aromatic heterocycles. The summed E-state index contributed by atoms with van der Waals surface area (Å²) in [7, 11) is 0. The molecule has 0 aliphatic heterocycles. The second kappa shape index (κ2) is 13.5. The van der Waals surface area contributed by atoms with Crippen LogP contribution < -0.4 is 0 Å². The lowest BCUT2D eigenvalue weighted by Gasteiger charge is -2.32. The molecular weight excluding hydrogens is 424 g/mol. The SMILES string of the molecule is CCCC(CC1CC(=O)c2c(C)ccc(CC/C=C\CC(C)=O)c2C1)C(CC)C(=O)CC(C)=O. The van der Waals surface area contributed by atoms with Crippen molar-refractivity contribution in [1.82, 2.24) is 0 Å². The van der Waals surface area contributed by atoms with Crippen LogP contribution in [0.15, 0.2) is 24.3 Å². The summed E-state index contributed by atoms with van der Waals surface area (Å²) in [5.41, 5.74) is 4.34. The van der Waals surface area contributed by atoms with E-state index in [4.69, 9.17) is 0 Å². The van der Waals surface area contributed by atoms with Crippen molar-refractivity contribution in [2.45, 2.75) is 98.8 Å². The van der Waals surface area contributed by atoms with Crippen LogP contribution >= 0.6 is 0 Å². The highest BCUT2D eigenvalue weighted by Crippen LogP contribution is 2.37. The van der Waals surface area contributed by atoms with E-state index >= 15 is 0 Å². The zero-order chi connectivity index (χ0) is 25.3. The number of Topliss-reactive ketones (excluding diaryl/α,β-unsaturated/α-hetero) is 4. The number of aryl methyl sites for hydroxylation is 2. The summed E-state index contributed by atoms with van der Waals surface area (Å²) in [6.07, 6.45) is 11.1. The Bertz CT molecular complexity index is 924. The average Bonchev–Trinajstić information content (AvgIpc) is 2.74. The second-order valence-electron chi connectivity index (χ2n) is 10.2. The number of benzene rings is 1. The number of ketones is 4. The summed E-state index contributed by atoms with van der Waals surface area (Å²) in [6.45, 7) is 9.26. The van der Waals surface area contributed by atoms with E-state index in [1.807, 2.05) is 19.9 Å². The molecule has 4 heteroatoms. The molecule has 0 radical (unpaired) electrons. The number of carbonyl (C=O) groups excluding carboxylic acids is 4. The maximum Gasteiger partial charge on any atom is 0.163 e. The predicted octanol–water partition coefficient (Wildman–Crippen LogP) is 6.59. The fourth-order valence-corrected chi connectivity index (χ4v) is 5.64. The largest absolute Gasteiger partial charge is 0.300 e. The first kappa shape index (κ1) is 27.9. The molecule has 4 nitrogen and oxygen atoms in total. The number of allylic oxidation sites excluding steroid dienone is 2. The summed E-state index contributed by atoms with van der Waals surface area (Å²) in [4.78, 5) is 48.7. The number of fused-ring (bicyclic) bond motifs is 1. The quantitative estimate of drug-likeness (QED) is 0.229. The smallest absolute Gasteiger partial charge is 0.163 e. The van der Waals surface area contributed by atoms with Crippen LogP contribution in [0.3, 0.4) is 0 Å². The number of hydrogen-bond acceptors (Lipinski definition) is 4. The summed E-state index contributed by atoms with van der Waals surface area (Å²) < 4.78 is 0. The molecular formula is C30H42O4. The minimum Gasteiger partial charge on any atom is -0.300 e. The van der Waals surface area contributed by atoms with Crippen LogP contribution in [0.25, 0.3) is 0 Å². The van der Waals surface area contributed by atoms with Crippen molar-refractivity contribution in [2.75, 3.05) is 0 Å². The van der Waals surface area contributed by atoms with E-state index in [0.29, 0.717) is 12.8 Å². The Labute approximate surface area is 205 Å². The molecule has 0 bridgehead atoms. The van der Waals surface area contributed by atoms with Gasteiger partial charge in [-0.1, -0.05) is 51.0 Å². The van der Waals surface area contributed by atoms with Crippen LogP contribution in [0, 0.1) is 24.7 Å². The topological polar surface area (TPSA) is 68.3 Å². The van der Waals surface area contributed by atoms with Crippen molar-refractivity contribution in [3.8, 4) is 0 Å². The Balaban J connectivity index is 2.22. The minimum absolute atomic E-state index is 0.0195. The highest BCUT2D eigenvalue weighted by atomic mass is 16.1. The average molecular weight is 467 g/mol. The van der Waals surface area contributed by atoms with Crippen LogP contribution in [0.5, 0.6) is 0 Å². The zero-order valence-electron chi connectivity index (χ0n) is 21.7. The van der Waals surface area contributed by atoms with Gasteiger partial charge < -0.3 is 0 Å². The standard InChI is InChI=1S/C30H42O4/c1-6-11-25(26(7-2)28(33)16-22(5)32)17-23-18-27-24(13-10-8-9-12-21(4)31)15-14-20(3)30(27)29(34)19-23/h8-9,14-15,23,25-26H,6-7,10-13,16-19H2,1-5H3/b9-8-. The maximum absolute atomic E-state index is 13.2. The molecule has 0 saturated carbocycles. The molecule has 186 valence electrons. The van der Waals surface area contributed by atoms with Gasteiger partial charge >= 0.3 is 0 Å². The lowest BCUT2D eigenvalue weighted by molar-refractivity contribution is -0.130. The molecule has 1 aliphatic rings. The first-order valence-electron chi connectivity index (χ1n) is 13.0. The zero-order valence-corrected chi connectivity index (χ0v) is 21.7. The predicted molar refractivity (Wildman–Crippen MR) is 137 cm³/mol. The molecule has 1 aromatic carbocycles. The lowest BCUT2D eigenvalue weighted by Crippen LogP contribution is -2.30. The van der Waals surface area contributed by atoms with Gasteiger partial charge in [-0.25, -0.2) is 0 Å². The van der Waals surface area contributed by atoms with Crippen LogP contribution in [0.2, 0.25) is 0 Å². The van der Waals surface area contributed by atoms with Crippen molar-refractivity contribution in [3.05, 3.63) is 46.5 Å². The fourth-order valence-electron chi connectivity index (χ4n) is 5.64. The van der Waals surface area contributed by atoms with Crippen molar-refractivity contribution in [3.63, 3.8) is 0 Å². The third-order valence-corrected chi connectivity index (χ3v) is 7.16. The molecule has 0 spiro atoms. The third-order valence-electron chi connectivity index (χ3n) is 7.16. The molecule has 34 heavy (non-hydrogen) atoms. The molecule has 0 N–H and O–H groups in total. The van der Waals surface area contributed by atoms with Crippen molar-refractivity contribution in [2.24, 2.45) is 17.8 Å². The van der Waals surface area contributed by atoms with Crippen LogP contribution in [-0.2, 0) is 27.2 Å². The summed E-state index contributed by atoms with van der Waals surface area (Å²) in [6, 6.07) is 4.20. The van der Waals surface area contributed by atoms with E-state index in [1.165, 1.54) is 18.1 Å². The Morgan fingerprint density at radius 3 is 2.41 bits per heavy atom. The second-order valence-corrected chi connectivity index (χ2v) is 10.2. The van der Waals surface area contributed by atoms with Gasteiger partial charge in [-0.15, -0.1) is 0 Å². The van der Waals surface area contributed by atoms with Gasteiger partial charge in [0.05, 0.1) is 6.42 Å². The number of rotatable bonds is 14. The van der Waals surface area contributed by atoms with Gasteiger partial charge in [0.2, 0.25) is 0 Å². The fraction of sp³-hybridized carbons (Fsp3) is 0.600. The van der Waals surface area contributed by atoms with Gasteiger partial charge in [0.25, 0.3) is 0 Å². The van der Waals surface area contributed by atoms with Crippen molar-refractivity contribution < 1.29 is 19.2 Å². The van der Waals surface area contributed by atoms with Crippen LogP contribution in [-0.4, -0.2) is 23.1 Å². The Kier molecular flexibility index (Phi) is 11.1. The van der Waals surface area contributed by atoms with Crippen molar-refractivity contribution >= 4 is 23.1 Å². The molecule has 3 atom stereocenters. The van der Waals surface area contributed by atoms with Crippen LogP contribution in [0.1, 0.15) is 106 Å². The van der Waals surface area contributed by atoms with Gasteiger partial charge in [0.15, 0.2) is 5.78 Å². The van der Waals surface area contributed by atoms with Gasteiger partial charge in [0, 0.05) is 24.3 Å². The Morgan fingerprint density at radius 2 is 1.79 bits per heavy atom. The number of carbonyl (C=O) groups is 4. The highest BCUT2D eigenvalue weighted by molar-refractivity contribution is 6.00. The summed E-state index contributed by atoms with van der Waals surface area (Å²) in [5.74, 6) is 0.697. The normalized spacial score (nSPS) is 17.4. The lowest BCUT2D eigenvalue weighted by atomic mass is 9.71. The van der Waals surface area contributed by atoms with Crippen molar-refractivity contribution in [1.29, 1.82) is 0 Å². The molecule has 1 aromatic rings. The maximum atomic E-state index is 13.2. The highest BCUT2D eigenvalue weighted by Gasteiger charge is 2.33. The minimum atomic E-state index is -0.108. The Hall–Kier alpha value is -2.36. The molecule has 3 unspecified atom stereocenters. The molecule has 0 fully saturated rings. The van der Waals surface area contributed by atoms with E-state index < -0.39 is 0 Å². The third kappa shape index (κ3) is 7.85. The van der Waals surface area contributed by atoms with E-state index in [9.17, 15) is 19.2 Å². The van der Waals surface area contributed by atoms with Gasteiger partial charge in [-0.05, 0) is 81.4 Å². The molecule has 0 heterocycles. The van der Waals surface area contributed by atoms with Gasteiger partial charge in [0.1, 0.15) is 17.3 Å².